The van der Waals surface area contributed by atoms with Crippen LogP contribution in [0.3, 0.4) is 0 Å². The molecule has 0 spiro atoms. The van der Waals surface area contributed by atoms with Crippen LogP contribution in [0.25, 0.3) is 0 Å². The van der Waals surface area contributed by atoms with Crippen LogP contribution >= 0.6 is 11.6 Å². The molecule has 2 aromatic rings. The average Bonchev–Trinajstić information content (AvgIpc) is 2.67. The molecular weight excluding hydrogens is 392 g/mol. The lowest BCUT2D eigenvalue weighted by molar-refractivity contribution is 0.0497. The maximum Gasteiger partial charge on any atom is 0.346 e. The maximum atomic E-state index is 12.8. The molecule has 0 bridgehead atoms. The quantitative estimate of drug-likeness (QED) is 0.644. The first-order chi connectivity index (χ1) is 14.0. The zero-order chi connectivity index (χ0) is 20.8. The smallest absolute Gasteiger partial charge is 0.346 e. The minimum atomic E-state index is -0.894. The number of benzene rings is 1. The summed E-state index contributed by atoms with van der Waals surface area (Å²) < 4.78 is 0. The Hall–Kier alpha value is -2.38. The number of aromatic amines is 1. The van der Waals surface area contributed by atoms with Crippen LogP contribution in [0, 0.1) is 5.92 Å². The van der Waals surface area contributed by atoms with Crippen molar-refractivity contribution in [2.24, 2.45) is 5.92 Å². The third-order valence-corrected chi connectivity index (χ3v) is 5.81. The van der Waals surface area contributed by atoms with E-state index in [9.17, 15) is 14.7 Å². The molecule has 3 N–H and O–H groups in total. The highest BCUT2D eigenvalue weighted by atomic mass is 35.5. The number of nitrogens with one attached hydrogen (secondary N) is 2. The van der Waals surface area contributed by atoms with Crippen LogP contribution in [0.2, 0.25) is 5.02 Å². The van der Waals surface area contributed by atoms with E-state index in [0.717, 1.165) is 25.7 Å². The van der Waals surface area contributed by atoms with Crippen LogP contribution in [0.5, 0.6) is 0 Å². The zero-order valence-electron chi connectivity index (χ0n) is 16.5. The van der Waals surface area contributed by atoms with Crippen molar-refractivity contribution in [3.63, 3.8) is 0 Å². The Morgan fingerprint density at radius 2 is 1.93 bits per heavy atom. The number of H-pyrrole nitrogens is 1. The van der Waals surface area contributed by atoms with Gasteiger partial charge in [-0.25, -0.2) is 9.78 Å². The molecule has 1 aromatic heterocycles. The number of aliphatic hydroxyl groups is 1. The van der Waals surface area contributed by atoms with Crippen LogP contribution < -0.4 is 15.9 Å². The van der Waals surface area contributed by atoms with E-state index in [-0.39, 0.29) is 11.5 Å². The number of carbonyl (C=O) groups excluding carboxylic acids is 1. The predicted octanol–water partition coefficient (Wildman–Crippen LogP) is 3.60. The Kier molecular flexibility index (Phi) is 7.28. The van der Waals surface area contributed by atoms with E-state index in [0.29, 0.717) is 16.5 Å². The molecule has 29 heavy (non-hydrogen) atoms. The van der Waals surface area contributed by atoms with E-state index in [2.05, 4.69) is 15.3 Å². The number of halogens is 1. The Balaban J connectivity index is 1.74. The fraction of sp³-hybridized carbons (Fsp3) is 0.476. The molecule has 1 atom stereocenters. The highest BCUT2D eigenvalue weighted by Gasteiger charge is 2.23. The summed E-state index contributed by atoms with van der Waals surface area (Å²) in [5, 5.41) is 13.6. The molecule has 0 aliphatic heterocycles. The average molecular weight is 419 g/mol. The fourth-order valence-electron chi connectivity index (χ4n) is 3.72. The van der Waals surface area contributed by atoms with Crippen molar-refractivity contribution in [3.05, 3.63) is 51.5 Å². The third-order valence-electron chi connectivity index (χ3n) is 5.48. The summed E-state index contributed by atoms with van der Waals surface area (Å²) in [6.07, 6.45) is 8.08. The highest BCUT2D eigenvalue weighted by Crippen LogP contribution is 2.27. The second kappa shape index (κ2) is 9.89. The Bertz CT molecular complexity index is 893. The second-order valence-electron chi connectivity index (χ2n) is 7.51. The molecule has 3 rings (SSSR count). The van der Waals surface area contributed by atoms with Gasteiger partial charge in [0, 0.05) is 24.8 Å². The molecule has 0 radical (unpaired) electrons. The van der Waals surface area contributed by atoms with E-state index in [1.54, 1.807) is 36.2 Å². The molecule has 7 nitrogen and oxygen atoms in total. The number of aromatic nitrogens is 2. The number of hydrogen-bond donors (Lipinski definition) is 3. The van der Waals surface area contributed by atoms with Crippen molar-refractivity contribution in [1.82, 2.24) is 15.3 Å². The van der Waals surface area contributed by atoms with E-state index in [1.807, 2.05) is 0 Å². The number of carbonyl (C=O) groups is 1. The topological polar surface area (TPSA) is 98.3 Å². The van der Waals surface area contributed by atoms with Crippen LogP contribution in [0.15, 0.2) is 35.3 Å². The normalized spacial score (nSPS) is 16.5. The molecule has 1 saturated carbocycles. The van der Waals surface area contributed by atoms with Gasteiger partial charge in [0.15, 0.2) is 0 Å². The largest absolute Gasteiger partial charge is 0.373 e. The van der Waals surface area contributed by atoms with Gasteiger partial charge in [-0.2, -0.15) is 0 Å². The lowest BCUT2D eigenvalue weighted by atomic mass is 9.90. The van der Waals surface area contributed by atoms with Gasteiger partial charge in [0.2, 0.25) is 0 Å². The number of rotatable bonds is 5. The van der Waals surface area contributed by atoms with Gasteiger partial charge in [0.1, 0.15) is 12.0 Å². The van der Waals surface area contributed by atoms with Crippen molar-refractivity contribution < 1.29 is 9.90 Å². The van der Waals surface area contributed by atoms with Crippen molar-refractivity contribution in [3.8, 4) is 0 Å². The first-order valence-corrected chi connectivity index (χ1v) is 10.4. The molecule has 1 heterocycles. The molecule has 8 heteroatoms. The van der Waals surface area contributed by atoms with Crippen LogP contribution in [0.4, 0.5) is 11.5 Å². The first kappa shape index (κ1) is 21.3. The third kappa shape index (κ3) is 5.58. The van der Waals surface area contributed by atoms with Gasteiger partial charge in [-0.15, -0.1) is 0 Å². The standard InChI is InChI=1S/C21H27ClN4O3/c1-26(18-11-12-23-21(29)24-18)15-9-10-17(22)16(13-15)20(28)25-19(27)14-7-5-3-2-4-6-8-14/h9-14,19,27H,2-8H2,1H3,(H,25,28)(H,23,24,29). The predicted molar refractivity (Wildman–Crippen MR) is 114 cm³/mol. The summed E-state index contributed by atoms with van der Waals surface area (Å²) in [7, 11) is 1.76. The van der Waals surface area contributed by atoms with Crippen LogP contribution in [-0.2, 0) is 0 Å². The fourth-order valence-corrected chi connectivity index (χ4v) is 3.93. The lowest BCUT2D eigenvalue weighted by Crippen LogP contribution is -2.40. The number of amides is 1. The number of nitrogens with zero attached hydrogens (tertiary/aromatic N) is 2. The monoisotopic (exact) mass is 418 g/mol. The highest BCUT2D eigenvalue weighted by molar-refractivity contribution is 6.34. The zero-order valence-corrected chi connectivity index (χ0v) is 17.3. The minimum absolute atomic E-state index is 0.0609. The maximum absolute atomic E-state index is 12.8. The van der Waals surface area contributed by atoms with Crippen molar-refractivity contribution in [1.29, 1.82) is 0 Å². The summed E-state index contributed by atoms with van der Waals surface area (Å²) in [4.78, 5) is 32.2. The molecule has 1 aliphatic carbocycles. The van der Waals surface area contributed by atoms with E-state index in [1.165, 1.54) is 25.5 Å². The summed E-state index contributed by atoms with van der Waals surface area (Å²) in [6.45, 7) is 0. The Morgan fingerprint density at radius 1 is 1.24 bits per heavy atom. The van der Waals surface area contributed by atoms with E-state index < -0.39 is 17.8 Å². The first-order valence-electron chi connectivity index (χ1n) is 10.0. The SMILES string of the molecule is CN(c1ccc(Cl)c(C(=O)NC(O)C2CCCCCCC2)c1)c1ccnc(=O)[nH]1. The van der Waals surface area contributed by atoms with Gasteiger partial charge >= 0.3 is 5.69 Å². The van der Waals surface area contributed by atoms with Crippen LogP contribution in [0.1, 0.15) is 55.3 Å². The van der Waals surface area contributed by atoms with E-state index in [4.69, 9.17) is 11.6 Å². The molecule has 1 aromatic carbocycles. The molecule has 1 aliphatic rings. The van der Waals surface area contributed by atoms with Crippen molar-refractivity contribution >= 4 is 29.0 Å². The minimum Gasteiger partial charge on any atom is -0.373 e. The summed E-state index contributed by atoms with van der Waals surface area (Å²) >= 11 is 6.26. The molecular formula is C21H27ClN4O3. The number of anilines is 2. The van der Waals surface area contributed by atoms with Crippen LogP contribution in [-0.4, -0.2) is 34.3 Å². The molecule has 1 amide bonds. The van der Waals surface area contributed by atoms with Gasteiger partial charge < -0.3 is 15.3 Å². The molecule has 156 valence electrons. The number of aliphatic hydroxyl groups excluding tert-OH is 1. The molecule has 1 fully saturated rings. The summed E-state index contributed by atoms with van der Waals surface area (Å²) in [6, 6.07) is 6.68. The molecule has 1 unspecified atom stereocenters. The van der Waals surface area contributed by atoms with Gasteiger partial charge in [-0.05, 0) is 37.1 Å². The lowest BCUT2D eigenvalue weighted by Gasteiger charge is -2.26. The Morgan fingerprint density at radius 3 is 2.62 bits per heavy atom. The Labute approximate surface area is 175 Å². The van der Waals surface area contributed by atoms with Crippen molar-refractivity contribution in [2.45, 2.75) is 51.2 Å². The summed E-state index contributed by atoms with van der Waals surface area (Å²) in [5.74, 6) is 0.182. The van der Waals surface area contributed by atoms with Gasteiger partial charge in [-0.1, -0.05) is 43.7 Å². The molecule has 0 saturated heterocycles. The summed E-state index contributed by atoms with van der Waals surface area (Å²) in [5.41, 5.74) is 0.489. The van der Waals surface area contributed by atoms with Crippen molar-refractivity contribution in [2.75, 3.05) is 11.9 Å². The second-order valence-corrected chi connectivity index (χ2v) is 7.91. The van der Waals surface area contributed by atoms with Gasteiger partial charge in [-0.3, -0.25) is 9.78 Å². The van der Waals surface area contributed by atoms with E-state index >= 15 is 0 Å². The number of hydrogen-bond acceptors (Lipinski definition) is 5. The van der Waals surface area contributed by atoms with Gasteiger partial charge in [0.25, 0.3) is 5.91 Å². The van der Waals surface area contributed by atoms with Gasteiger partial charge in [0.05, 0.1) is 10.6 Å².